The van der Waals surface area contributed by atoms with Crippen LogP contribution in [0.1, 0.15) is 43.4 Å². The van der Waals surface area contributed by atoms with E-state index in [0.717, 1.165) is 47.8 Å². The lowest BCUT2D eigenvalue weighted by atomic mass is 9.91. The largest absolute Gasteiger partial charge is 0.481 e. The predicted molar refractivity (Wildman–Crippen MR) is 114 cm³/mol. The van der Waals surface area contributed by atoms with E-state index in [1.807, 2.05) is 32.3 Å². The maximum Gasteiger partial charge on any atom is 0.339 e. The van der Waals surface area contributed by atoms with E-state index in [1.165, 1.54) is 0 Å². The first-order chi connectivity index (χ1) is 14.5. The van der Waals surface area contributed by atoms with E-state index in [9.17, 15) is 9.59 Å². The van der Waals surface area contributed by atoms with Crippen molar-refractivity contribution in [1.29, 1.82) is 0 Å². The second-order valence-corrected chi connectivity index (χ2v) is 7.85. The Bertz CT molecular complexity index is 1130. The number of fused-ring (bicyclic) bond motifs is 3. The van der Waals surface area contributed by atoms with Gasteiger partial charge in [0.05, 0.1) is 6.20 Å². The molecule has 1 aromatic carbocycles. The van der Waals surface area contributed by atoms with E-state index in [1.54, 1.807) is 28.8 Å². The fraction of sp³-hybridized carbons (Fsp3) is 0.435. The molecule has 0 saturated carbocycles. The Labute approximate surface area is 175 Å². The molecular weight excluding hydrogens is 382 g/mol. The molecule has 0 radical (unpaired) electrons. The van der Waals surface area contributed by atoms with Crippen LogP contribution in [0.3, 0.4) is 0 Å². The number of benzene rings is 1. The van der Waals surface area contributed by atoms with Crippen LogP contribution in [0.2, 0.25) is 0 Å². The molecule has 158 valence electrons. The highest BCUT2D eigenvalue weighted by atomic mass is 16.5. The molecule has 2 aromatic heterocycles. The van der Waals surface area contributed by atoms with E-state index >= 15 is 0 Å². The highest BCUT2D eigenvalue weighted by Gasteiger charge is 2.23. The summed E-state index contributed by atoms with van der Waals surface area (Å²) in [6, 6.07) is 5.49. The highest BCUT2D eigenvalue weighted by Crippen LogP contribution is 2.29. The van der Waals surface area contributed by atoms with Crippen molar-refractivity contribution in [3.63, 3.8) is 0 Å². The standard InChI is InChI=1S/C23H27N3O4/c1-4-26(14-16-12-24-25(3)13-16)22(27)15(2)29-17-9-10-19-18-7-5-6-8-20(18)23(28)30-21(19)11-17/h9-13,15H,4-8,14H2,1-3H3. The van der Waals surface area contributed by atoms with Crippen LogP contribution in [0, 0.1) is 0 Å². The van der Waals surface area contributed by atoms with Crippen LogP contribution < -0.4 is 10.4 Å². The fourth-order valence-electron chi connectivity index (χ4n) is 4.13. The summed E-state index contributed by atoms with van der Waals surface area (Å²) in [4.78, 5) is 27.0. The average molecular weight is 409 g/mol. The second kappa shape index (κ2) is 8.34. The predicted octanol–water partition coefficient (Wildman–Crippen LogP) is 3.22. The Morgan fingerprint density at radius 1 is 1.30 bits per heavy atom. The Morgan fingerprint density at radius 2 is 2.07 bits per heavy atom. The lowest BCUT2D eigenvalue weighted by Crippen LogP contribution is -2.39. The third kappa shape index (κ3) is 3.97. The molecule has 0 aliphatic heterocycles. The van der Waals surface area contributed by atoms with E-state index in [4.69, 9.17) is 9.15 Å². The fourth-order valence-corrected chi connectivity index (χ4v) is 4.13. The minimum absolute atomic E-state index is 0.103. The molecule has 30 heavy (non-hydrogen) atoms. The smallest absolute Gasteiger partial charge is 0.339 e. The van der Waals surface area contributed by atoms with Gasteiger partial charge in [-0.25, -0.2) is 4.79 Å². The van der Waals surface area contributed by atoms with Crippen molar-refractivity contribution in [3.05, 3.63) is 57.7 Å². The van der Waals surface area contributed by atoms with Gasteiger partial charge in [0, 0.05) is 48.9 Å². The van der Waals surface area contributed by atoms with Crippen molar-refractivity contribution in [2.45, 2.75) is 52.2 Å². The molecule has 1 aliphatic carbocycles. The number of amides is 1. The summed E-state index contributed by atoms with van der Waals surface area (Å²) >= 11 is 0. The van der Waals surface area contributed by atoms with Crippen LogP contribution >= 0.6 is 0 Å². The van der Waals surface area contributed by atoms with Crippen LogP contribution in [0.4, 0.5) is 0 Å². The molecule has 0 spiro atoms. The number of nitrogens with zero attached hydrogens (tertiary/aromatic N) is 3. The molecule has 7 heteroatoms. The van der Waals surface area contributed by atoms with Gasteiger partial charge in [-0.1, -0.05) is 0 Å². The number of carbonyl (C=O) groups excluding carboxylic acids is 1. The van der Waals surface area contributed by atoms with Crippen molar-refractivity contribution in [2.75, 3.05) is 6.54 Å². The molecule has 0 N–H and O–H groups in total. The molecule has 4 rings (SSSR count). The monoisotopic (exact) mass is 409 g/mol. The molecule has 1 atom stereocenters. The van der Waals surface area contributed by atoms with Crippen molar-refractivity contribution in [2.24, 2.45) is 7.05 Å². The van der Waals surface area contributed by atoms with Gasteiger partial charge in [-0.05, 0) is 57.2 Å². The molecule has 0 fully saturated rings. The average Bonchev–Trinajstić information content (AvgIpc) is 3.16. The van der Waals surface area contributed by atoms with Crippen molar-refractivity contribution in [1.82, 2.24) is 14.7 Å². The molecule has 1 amide bonds. The van der Waals surface area contributed by atoms with E-state index in [0.29, 0.717) is 24.4 Å². The Balaban J connectivity index is 1.52. The first-order valence-electron chi connectivity index (χ1n) is 10.5. The van der Waals surface area contributed by atoms with Crippen LogP contribution in [-0.4, -0.2) is 33.2 Å². The van der Waals surface area contributed by atoms with E-state index < -0.39 is 6.10 Å². The third-order valence-corrected chi connectivity index (χ3v) is 5.68. The zero-order chi connectivity index (χ0) is 21.3. The molecule has 2 heterocycles. The number of aryl methyl sites for hydroxylation is 2. The summed E-state index contributed by atoms with van der Waals surface area (Å²) < 4.78 is 13.2. The van der Waals surface area contributed by atoms with Crippen LogP contribution in [-0.2, 0) is 31.2 Å². The van der Waals surface area contributed by atoms with Gasteiger partial charge >= 0.3 is 5.63 Å². The van der Waals surface area contributed by atoms with Gasteiger partial charge in [0.2, 0.25) is 0 Å². The lowest BCUT2D eigenvalue weighted by molar-refractivity contribution is -0.138. The lowest BCUT2D eigenvalue weighted by Gasteiger charge is -2.24. The zero-order valence-electron chi connectivity index (χ0n) is 17.7. The normalized spacial score (nSPS) is 14.4. The Hall–Kier alpha value is -3.09. The number of carbonyl (C=O) groups is 1. The summed E-state index contributed by atoms with van der Waals surface area (Å²) in [6.45, 7) is 4.73. The van der Waals surface area contributed by atoms with Gasteiger partial charge in [-0.15, -0.1) is 0 Å². The molecular formula is C23H27N3O4. The molecule has 0 bridgehead atoms. The number of ether oxygens (including phenoxy) is 1. The maximum atomic E-state index is 12.9. The number of hydrogen-bond acceptors (Lipinski definition) is 5. The van der Waals surface area contributed by atoms with Crippen molar-refractivity contribution < 1.29 is 13.9 Å². The Morgan fingerprint density at radius 3 is 2.77 bits per heavy atom. The molecule has 3 aromatic rings. The zero-order valence-corrected chi connectivity index (χ0v) is 17.7. The quantitative estimate of drug-likeness (QED) is 0.584. The van der Waals surface area contributed by atoms with Gasteiger partial charge < -0.3 is 14.1 Å². The summed E-state index contributed by atoms with van der Waals surface area (Å²) in [5, 5.41) is 5.11. The maximum absolute atomic E-state index is 12.9. The SMILES string of the molecule is CCN(Cc1cnn(C)c1)C(=O)C(C)Oc1ccc2c3c(c(=O)oc2c1)CCCC3. The number of hydrogen-bond donors (Lipinski definition) is 0. The van der Waals surface area contributed by atoms with Crippen molar-refractivity contribution in [3.8, 4) is 5.75 Å². The van der Waals surface area contributed by atoms with Gasteiger partial charge in [-0.2, -0.15) is 5.10 Å². The van der Waals surface area contributed by atoms with Gasteiger partial charge in [0.25, 0.3) is 5.91 Å². The summed E-state index contributed by atoms with van der Waals surface area (Å²) in [7, 11) is 1.85. The van der Waals surface area contributed by atoms with E-state index in [2.05, 4.69) is 5.10 Å². The third-order valence-electron chi connectivity index (χ3n) is 5.68. The molecule has 1 unspecified atom stereocenters. The van der Waals surface area contributed by atoms with Crippen molar-refractivity contribution >= 4 is 16.9 Å². The number of aromatic nitrogens is 2. The minimum atomic E-state index is -0.663. The highest BCUT2D eigenvalue weighted by molar-refractivity contribution is 5.84. The molecule has 1 aliphatic rings. The van der Waals surface area contributed by atoms with Crippen LogP contribution in [0.15, 0.2) is 39.8 Å². The second-order valence-electron chi connectivity index (χ2n) is 7.85. The summed E-state index contributed by atoms with van der Waals surface area (Å²) in [6.07, 6.45) is 6.77. The van der Waals surface area contributed by atoms with Crippen LogP contribution in [0.25, 0.3) is 11.0 Å². The molecule has 7 nitrogen and oxygen atoms in total. The number of rotatable bonds is 6. The molecule has 0 saturated heterocycles. The topological polar surface area (TPSA) is 77.6 Å². The van der Waals surface area contributed by atoms with E-state index in [-0.39, 0.29) is 11.5 Å². The van der Waals surface area contributed by atoms with Gasteiger partial charge in [-0.3, -0.25) is 9.48 Å². The first-order valence-corrected chi connectivity index (χ1v) is 10.5. The summed E-state index contributed by atoms with van der Waals surface area (Å²) in [5.74, 6) is 0.410. The summed E-state index contributed by atoms with van der Waals surface area (Å²) in [5.41, 5.74) is 3.13. The first kappa shape index (κ1) is 20.2. The number of likely N-dealkylation sites (N-methyl/N-ethyl adjacent to an activating group) is 1. The van der Waals surface area contributed by atoms with Gasteiger partial charge in [0.15, 0.2) is 6.10 Å². The minimum Gasteiger partial charge on any atom is -0.481 e. The Kier molecular flexibility index (Phi) is 5.61. The van der Waals surface area contributed by atoms with Crippen LogP contribution in [0.5, 0.6) is 5.75 Å². The van der Waals surface area contributed by atoms with Gasteiger partial charge in [0.1, 0.15) is 11.3 Å².